The van der Waals surface area contributed by atoms with Gasteiger partial charge in [0.15, 0.2) is 0 Å². The van der Waals surface area contributed by atoms with Crippen LogP contribution in [0.25, 0.3) is 0 Å². The van der Waals surface area contributed by atoms with E-state index in [9.17, 15) is 17.2 Å². The van der Waals surface area contributed by atoms with Gasteiger partial charge in [0.2, 0.25) is 0 Å². The predicted molar refractivity (Wildman–Crippen MR) is 65.0 cm³/mol. The average molecular weight is 341 g/mol. The summed E-state index contributed by atoms with van der Waals surface area (Å²) in [6.45, 7) is -0.467. The third kappa shape index (κ3) is 2.89. The summed E-state index contributed by atoms with van der Waals surface area (Å²) in [6.07, 6.45) is 0.0994. The van der Waals surface area contributed by atoms with Crippen LogP contribution in [0.3, 0.4) is 0 Å². The highest BCUT2D eigenvalue weighted by molar-refractivity contribution is 9.10. The first-order valence-electron chi connectivity index (χ1n) is 5.34. The van der Waals surface area contributed by atoms with E-state index < -0.39 is 28.6 Å². The van der Waals surface area contributed by atoms with Gasteiger partial charge < -0.3 is 0 Å². The molecule has 1 aliphatic rings. The van der Waals surface area contributed by atoms with Crippen LogP contribution >= 0.6 is 15.9 Å². The van der Waals surface area contributed by atoms with Crippen LogP contribution in [0.15, 0.2) is 33.6 Å². The van der Waals surface area contributed by atoms with E-state index in [1.807, 2.05) is 0 Å². The van der Waals surface area contributed by atoms with Crippen molar-refractivity contribution in [2.75, 3.05) is 6.61 Å². The topological polar surface area (TPSA) is 43.4 Å². The van der Waals surface area contributed by atoms with Gasteiger partial charge in [0, 0.05) is 16.8 Å². The molecule has 0 saturated heterocycles. The van der Waals surface area contributed by atoms with Crippen molar-refractivity contribution in [1.29, 1.82) is 0 Å². The van der Waals surface area contributed by atoms with Gasteiger partial charge in [-0.2, -0.15) is 8.42 Å². The van der Waals surface area contributed by atoms with E-state index in [-0.39, 0.29) is 11.3 Å². The summed E-state index contributed by atoms with van der Waals surface area (Å²) in [5, 5.41) is 0. The van der Waals surface area contributed by atoms with Crippen molar-refractivity contribution in [2.45, 2.75) is 23.7 Å². The zero-order chi connectivity index (χ0) is 13.4. The van der Waals surface area contributed by atoms with Gasteiger partial charge in [-0.1, -0.05) is 15.9 Å². The maximum absolute atomic E-state index is 13.0. The summed E-state index contributed by atoms with van der Waals surface area (Å²) in [5.41, 5.74) is 0. The van der Waals surface area contributed by atoms with Gasteiger partial charge in [-0.05, 0) is 30.7 Å². The van der Waals surface area contributed by atoms with Crippen molar-refractivity contribution < 1.29 is 21.4 Å². The highest BCUT2D eigenvalue weighted by Gasteiger charge is 2.48. The van der Waals surface area contributed by atoms with Gasteiger partial charge in [-0.25, -0.2) is 8.78 Å². The lowest BCUT2D eigenvalue weighted by atomic mass is 9.81. The Labute approximate surface area is 112 Å². The molecule has 18 heavy (non-hydrogen) atoms. The molecule has 7 heteroatoms. The number of hydrogen-bond acceptors (Lipinski definition) is 3. The van der Waals surface area contributed by atoms with Crippen molar-refractivity contribution in [3.63, 3.8) is 0 Å². The SMILES string of the molecule is O=S(=O)(OC[C@H]1CCC1(F)F)c1ccc(Br)cc1. The summed E-state index contributed by atoms with van der Waals surface area (Å²) >= 11 is 3.17. The summed E-state index contributed by atoms with van der Waals surface area (Å²) in [5.74, 6) is -3.79. The van der Waals surface area contributed by atoms with Crippen LogP contribution in [0.5, 0.6) is 0 Å². The molecule has 0 aliphatic heterocycles. The summed E-state index contributed by atoms with van der Waals surface area (Å²) in [4.78, 5) is -0.0339. The van der Waals surface area contributed by atoms with Crippen LogP contribution in [0.2, 0.25) is 0 Å². The number of alkyl halides is 2. The van der Waals surface area contributed by atoms with Gasteiger partial charge in [-0.15, -0.1) is 0 Å². The lowest BCUT2D eigenvalue weighted by Crippen LogP contribution is -2.41. The quantitative estimate of drug-likeness (QED) is 0.790. The maximum Gasteiger partial charge on any atom is 0.296 e. The molecule has 1 saturated carbocycles. The molecule has 0 heterocycles. The number of hydrogen-bond donors (Lipinski definition) is 0. The molecule has 1 aliphatic carbocycles. The molecular weight excluding hydrogens is 330 g/mol. The third-order valence-corrected chi connectivity index (χ3v) is 4.77. The van der Waals surface area contributed by atoms with Gasteiger partial charge in [0.05, 0.1) is 11.5 Å². The number of rotatable bonds is 4. The Hall–Kier alpha value is -0.530. The molecule has 3 nitrogen and oxygen atoms in total. The molecular formula is C11H11BrF2O3S. The Bertz CT molecular complexity index is 528. The fourth-order valence-electron chi connectivity index (χ4n) is 1.61. The minimum atomic E-state index is -3.95. The molecule has 0 amide bonds. The number of halogens is 3. The fourth-order valence-corrected chi connectivity index (χ4v) is 2.83. The van der Waals surface area contributed by atoms with Gasteiger partial charge in [0.1, 0.15) is 0 Å². The second-order valence-electron chi connectivity index (χ2n) is 4.19. The largest absolute Gasteiger partial charge is 0.296 e. The molecule has 1 fully saturated rings. The van der Waals surface area contributed by atoms with Crippen LogP contribution in [0.4, 0.5) is 8.78 Å². The first-order valence-corrected chi connectivity index (χ1v) is 7.54. The van der Waals surface area contributed by atoms with E-state index in [2.05, 4.69) is 20.1 Å². The molecule has 0 unspecified atom stereocenters. The van der Waals surface area contributed by atoms with Crippen molar-refractivity contribution in [3.05, 3.63) is 28.7 Å². The van der Waals surface area contributed by atoms with Crippen LogP contribution in [-0.2, 0) is 14.3 Å². The van der Waals surface area contributed by atoms with Crippen molar-refractivity contribution in [1.82, 2.24) is 0 Å². The molecule has 2 rings (SSSR count). The Balaban J connectivity index is 2.02. The Kier molecular flexibility index (Phi) is 3.75. The molecule has 0 N–H and O–H groups in total. The first-order chi connectivity index (χ1) is 8.31. The van der Waals surface area contributed by atoms with E-state index in [1.165, 1.54) is 12.1 Å². The Morgan fingerprint density at radius 1 is 1.33 bits per heavy atom. The Morgan fingerprint density at radius 2 is 1.94 bits per heavy atom. The van der Waals surface area contributed by atoms with Gasteiger partial charge >= 0.3 is 0 Å². The molecule has 0 spiro atoms. The molecule has 0 aromatic heterocycles. The molecule has 1 aromatic rings. The van der Waals surface area contributed by atoms with Crippen LogP contribution in [0.1, 0.15) is 12.8 Å². The second-order valence-corrected chi connectivity index (χ2v) is 6.72. The Morgan fingerprint density at radius 3 is 2.39 bits per heavy atom. The highest BCUT2D eigenvalue weighted by atomic mass is 79.9. The van der Waals surface area contributed by atoms with Crippen molar-refractivity contribution in [3.8, 4) is 0 Å². The predicted octanol–water partition coefficient (Wildman–Crippen LogP) is 3.20. The summed E-state index contributed by atoms with van der Waals surface area (Å²) < 4.78 is 54.7. The van der Waals surface area contributed by atoms with E-state index in [0.29, 0.717) is 6.42 Å². The first kappa shape index (κ1) is 13.9. The minimum Gasteiger partial charge on any atom is -0.266 e. The van der Waals surface area contributed by atoms with E-state index in [4.69, 9.17) is 0 Å². The smallest absolute Gasteiger partial charge is 0.266 e. The minimum absolute atomic E-state index is 0.0339. The molecule has 0 radical (unpaired) electrons. The van der Waals surface area contributed by atoms with Crippen molar-refractivity contribution in [2.24, 2.45) is 5.92 Å². The number of benzene rings is 1. The second kappa shape index (κ2) is 4.86. The summed E-state index contributed by atoms with van der Waals surface area (Å²) in [7, 11) is -3.95. The fraction of sp³-hybridized carbons (Fsp3) is 0.455. The molecule has 1 aromatic carbocycles. The monoisotopic (exact) mass is 340 g/mol. The van der Waals surface area contributed by atoms with Crippen molar-refractivity contribution >= 4 is 26.0 Å². The summed E-state index contributed by atoms with van der Waals surface area (Å²) in [6, 6.07) is 5.82. The highest BCUT2D eigenvalue weighted by Crippen LogP contribution is 2.43. The standard InChI is InChI=1S/C11H11BrF2O3S/c12-9-1-3-10(4-2-9)18(15,16)17-7-8-5-6-11(8,13)14/h1-4,8H,5-7H2/t8-/m1/s1. The maximum atomic E-state index is 13.0. The van der Waals surface area contributed by atoms with Crippen LogP contribution in [0, 0.1) is 5.92 Å². The van der Waals surface area contributed by atoms with Crippen LogP contribution in [-0.4, -0.2) is 20.9 Å². The van der Waals surface area contributed by atoms with Gasteiger partial charge in [-0.3, -0.25) is 4.18 Å². The lowest BCUT2D eigenvalue weighted by Gasteiger charge is -2.35. The van der Waals surface area contributed by atoms with E-state index in [1.54, 1.807) is 12.1 Å². The molecule has 0 bridgehead atoms. The van der Waals surface area contributed by atoms with Gasteiger partial charge in [0.25, 0.3) is 16.0 Å². The van der Waals surface area contributed by atoms with E-state index >= 15 is 0 Å². The zero-order valence-corrected chi connectivity index (χ0v) is 11.7. The average Bonchev–Trinajstić information content (AvgIpc) is 2.28. The molecule has 1 atom stereocenters. The van der Waals surface area contributed by atoms with Crippen LogP contribution < -0.4 is 0 Å². The lowest BCUT2D eigenvalue weighted by molar-refractivity contribution is -0.142. The van der Waals surface area contributed by atoms with E-state index in [0.717, 1.165) is 4.47 Å². The third-order valence-electron chi connectivity index (χ3n) is 2.95. The zero-order valence-electron chi connectivity index (χ0n) is 9.27. The normalized spacial score (nSPS) is 22.5. The molecule has 100 valence electrons.